The zero-order valence-corrected chi connectivity index (χ0v) is 38.7. The summed E-state index contributed by atoms with van der Waals surface area (Å²) in [6, 6.07) is -1.81. The number of carbonyl (C=O) groups is 2. The topological polar surface area (TPSA) is 480 Å². The van der Waals surface area contributed by atoms with Gasteiger partial charge in [-0.3, -0.25) is 18.7 Å². The molecule has 4 aromatic rings. The molecule has 66 heavy (non-hydrogen) atoms. The maximum absolute atomic E-state index is 10.8. The third-order valence-corrected chi connectivity index (χ3v) is 15.4. The Hall–Kier alpha value is -4.16. The lowest BCUT2D eigenvalue weighted by molar-refractivity contribution is -0.139. The molecule has 2 unspecified atom stereocenters. The number of aliphatic hydroxyl groups excluding tert-OH is 4. The number of ether oxygens (including phenoxy) is 2. The van der Waals surface area contributed by atoms with Crippen molar-refractivity contribution >= 4 is 87.9 Å². The SMILES string of the molecule is C[S+](CC[C@H](N)C(=O)O)C[C@H]1O[C@@H](n2cnc3c(N)ncnc32)[C@H](O)[C@@H]1O.C[S+](CC[C@H](N)C(=O)O)C[C@H]1O[C@@H](n2cnc3c(N)ncnc32)[C@H](O)[C@@H]1O.O=S(=O)([O-])CCCCS(=O)(=O)[O-]. The average Bonchev–Trinajstić information content (AvgIpc) is 4.00. The zero-order chi connectivity index (χ0) is 49.3. The number of anilines is 2. The summed E-state index contributed by atoms with van der Waals surface area (Å²) in [6.07, 6.45) is 2.44. The number of hydrogen-bond acceptors (Lipinski definition) is 24. The number of aromatic nitrogens is 8. The average molecular weight is 1020 g/mol. The summed E-state index contributed by atoms with van der Waals surface area (Å²) in [5.74, 6) is -0.736. The Morgan fingerprint density at radius 1 is 0.667 bits per heavy atom. The van der Waals surface area contributed by atoms with Gasteiger partial charge in [-0.1, -0.05) is 0 Å². The van der Waals surface area contributed by atoms with Gasteiger partial charge in [0.15, 0.2) is 35.4 Å². The van der Waals surface area contributed by atoms with Gasteiger partial charge in [-0.15, -0.1) is 0 Å². The molecule has 6 rings (SSSR count). The molecule has 14 N–H and O–H groups in total. The van der Waals surface area contributed by atoms with Crippen LogP contribution in [0.4, 0.5) is 11.6 Å². The van der Waals surface area contributed by atoms with Gasteiger partial charge in [-0.05, 0) is 34.6 Å². The summed E-state index contributed by atoms with van der Waals surface area (Å²) in [4.78, 5) is 45.9. The van der Waals surface area contributed by atoms with Gasteiger partial charge in [0, 0.05) is 24.3 Å². The molecule has 370 valence electrons. The Morgan fingerprint density at radius 3 is 1.33 bits per heavy atom. The van der Waals surface area contributed by atoms with Crippen LogP contribution in [-0.4, -0.2) is 203 Å². The summed E-state index contributed by atoms with van der Waals surface area (Å²) in [5.41, 5.74) is 24.2. The second kappa shape index (κ2) is 23.7. The molecule has 0 aromatic carbocycles. The molecule has 32 heteroatoms. The van der Waals surface area contributed by atoms with Gasteiger partial charge >= 0.3 is 11.9 Å². The largest absolute Gasteiger partial charge is 0.748 e. The van der Waals surface area contributed by atoms with Crippen molar-refractivity contribution in [1.82, 2.24) is 39.0 Å². The van der Waals surface area contributed by atoms with Crippen molar-refractivity contribution in [2.75, 3.05) is 58.5 Å². The smallest absolute Gasteiger partial charge is 0.320 e. The van der Waals surface area contributed by atoms with Crippen LogP contribution in [0.3, 0.4) is 0 Å². The van der Waals surface area contributed by atoms with Crippen molar-refractivity contribution in [3.63, 3.8) is 0 Å². The van der Waals surface area contributed by atoms with Crippen molar-refractivity contribution in [3.05, 3.63) is 25.3 Å². The molecule has 0 saturated carbocycles. The lowest BCUT2D eigenvalue weighted by Crippen LogP contribution is -2.37. The van der Waals surface area contributed by atoms with Crippen LogP contribution in [0, 0.1) is 0 Å². The maximum Gasteiger partial charge on any atom is 0.320 e. The number of nitrogen functional groups attached to an aromatic ring is 2. The van der Waals surface area contributed by atoms with E-state index in [-0.39, 0.29) is 46.3 Å². The van der Waals surface area contributed by atoms with Crippen molar-refractivity contribution in [3.8, 4) is 0 Å². The van der Waals surface area contributed by atoms with Crippen LogP contribution in [-0.2, 0) is 61.1 Å². The van der Waals surface area contributed by atoms with Gasteiger partial charge in [0.05, 0.1) is 45.4 Å². The molecule has 12 atom stereocenters. The van der Waals surface area contributed by atoms with E-state index < -0.39 is 105 Å². The summed E-state index contributed by atoms with van der Waals surface area (Å²) < 4.78 is 74.7. The minimum absolute atomic E-state index is 0.0900. The van der Waals surface area contributed by atoms with E-state index in [0.29, 0.717) is 58.2 Å². The second-order valence-electron chi connectivity index (χ2n) is 15.3. The standard InChI is InChI=1S/2C15H22N6O5S.C4H10O6S2/c2*1-27(3-2-7(16)15(24)25)4-8-10(22)11(23)14(26-8)21-6-20-9-12(17)18-5-19-13(9)21;5-11(6,7)3-1-2-4-12(8,9)10/h2*5-8,10-11,14,22-23H,2-4,16H2,1H3,(H2-,17,18,19,24,25);1-4H2,(H,5,6,7)(H,8,9,10)/t2*7-,8+,10+,11+,14+,27?;/m00./s1. The highest BCUT2D eigenvalue weighted by Gasteiger charge is 2.48. The fourth-order valence-electron chi connectivity index (χ4n) is 6.49. The van der Waals surface area contributed by atoms with Crippen molar-refractivity contribution < 1.29 is 75.6 Å². The number of aliphatic hydroxyl groups is 4. The summed E-state index contributed by atoms with van der Waals surface area (Å²) >= 11 is 0. The zero-order valence-electron chi connectivity index (χ0n) is 35.4. The Labute approximate surface area is 383 Å². The van der Waals surface area contributed by atoms with Crippen LogP contribution in [0.5, 0.6) is 0 Å². The lowest BCUT2D eigenvalue weighted by Gasteiger charge is -2.16. The van der Waals surface area contributed by atoms with Gasteiger partial charge in [0.1, 0.15) is 95.4 Å². The molecule has 2 saturated heterocycles. The Morgan fingerprint density at radius 2 is 1.02 bits per heavy atom. The lowest BCUT2D eigenvalue weighted by atomic mass is 10.1. The number of carboxylic acid groups (broad SMARTS) is 2. The maximum atomic E-state index is 10.8. The molecule has 2 fully saturated rings. The van der Waals surface area contributed by atoms with Crippen molar-refractivity contribution in [2.24, 2.45) is 11.5 Å². The highest BCUT2D eigenvalue weighted by atomic mass is 32.2. The number of rotatable bonds is 19. The van der Waals surface area contributed by atoms with Gasteiger partial charge in [-0.25, -0.2) is 46.7 Å². The molecule has 0 bridgehead atoms. The van der Waals surface area contributed by atoms with Crippen molar-refractivity contribution in [2.45, 2.75) is 86.8 Å². The number of nitrogens with two attached hydrogens (primary N) is 4. The second-order valence-corrected chi connectivity index (χ2v) is 22.9. The highest BCUT2D eigenvalue weighted by Crippen LogP contribution is 2.34. The van der Waals surface area contributed by atoms with E-state index in [9.17, 15) is 56.0 Å². The Balaban J connectivity index is 0.000000233. The number of imidazole rings is 2. The van der Waals surface area contributed by atoms with Gasteiger partial charge in [0.25, 0.3) is 0 Å². The molecule has 4 aromatic heterocycles. The van der Waals surface area contributed by atoms with Crippen molar-refractivity contribution in [1.29, 1.82) is 0 Å². The number of aliphatic carboxylic acids is 2. The third-order valence-electron chi connectivity index (χ3n) is 10.1. The van der Waals surface area contributed by atoms with E-state index in [1.807, 2.05) is 12.5 Å². The van der Waals surface area contributed by atoms with E-state index in [4.69, 9.17) is 42.6 Å². The molecule has 0 radical (unpaired) electrons. The predicted octanol–water partition coefficient (Wildman–Crippen LogP) is -4.99. The van der Waals surface area contributed by atoms with E-state index in [0.717, 1.165) is 0 Å². The van der Waals surface area contributed by atoms with Crippen LogP contribution in [0.15, 0.2) is 25.3 Å². The predicted molar refractivity (Wildman–Crippen MR) is 236 cm³/mol. The molecule has 2 aliphatic rings. The first kappa shape index (κ1) is 54.4. The number of unbranched alkanes of at least 4 members (excludes halogenated alkanes) is 1. The van der Waals surface area contributed by atoms with Crippen LogP contribution in [0.2, 0.25) is 0 Å². The molecule has 0 amide bonds. The van der Waals surface area contributed by atoms with Crippen LogP contribution >= 0.6 is 0 Å². The molecule has 0 aliphatic carbocycles. The van der Waals surface area contributed by atoms with Crippen LogP contribution in [0.25, 0.3) is 22.3 Å². The Kier molecular flexibility index (Phi) is 19.6. The first-order valence-corrected chi connectivity index (χ1v) is 26.8. The summed E-state index contributed by atoms with van der Waals surface area (Å²) in [6.45, 7) is 0. The first-order valence-electron chi connectivity index (χ1n) is 19.7. The molecular formula is C34H54N12O16S4. The molecule has 6 heterocycles. The fraction of sp³-hybridized carbons (Fsp3) is 0.647. The monoisotopic (exact) mass is 1010 g/mol. The fourth-order valence-corrected chi connectivity index (χ4v) is 10.9. The van der Waals surface area contributed by atoms with Gasteiger partial charge in [-0.2, -0.15) is 0 Å². The number of nitrogens with zero attached hydrogens (tertiary/aromatic N) is 8. The third kappa shape index (κ3) is 15.2. The summed E-state index contributed by atoms with van der Waals surface area (Å²) in [5, 5.41) is 59.4. The van der Waals surface area contributed by atoms with Gasteiger partial charge in [0.2, 0.25) is 0 Å². The Bertz CT molecular complexity index is 2300. The normalized spacial score (nSPS) is 25.1. The summed E-state index contributed by atoms with van der Waals surface area (Å²) in [7, 11) is -9.05. The highest BCUT2D eigenvalue weighted by molar-refractivity contribution is 7.96. The van der Waals surface area contributed by atoms with E-state index >= 15 is 0 Å². The molecule has 0 spiro atoms. The molecule has 28 nitrogen and oxygen atoms in total. The van der Waals surface area contributed by atoms with Gasteiger partial charge < -0.3 is 72.2 Å². The van der Waals surface area contributed by atoms with E-state index in [2.05, 4.69) is 29.9 Å². The van der Waals surface area contributed by atoms with E-state index in [1.54, 1.807) is 0 Å². The number of fused-ring (bicyclic) bond motifs is 2. The van der Waals surface area contributed by atoms with Crippen LogP contribution < -0.4 is 22.9 Å². The minimum Gasteiger partial charge on any atom is -0.748 e. The quantitative estimate of drug-likeness (QED) is 0.0239. The van der Waals surface area contributed by atoms with E-state index in [1.165, 1.54) is 34.4 Å². The first-order chi connectivity index (χ1) is 30.8. The number of hydrogen-bond donors (Lipinski definition) is 10. The molecular weight excluding hydrogens is 961 g/mol. The molecule has 2 aliphatic heterocycles. The minimum atomic E-state index is -4.29. The van der Waals surface area contributed by atoms with Crippen LogP contribution in [0.1, 0.15) is 38.1 Å². The number of carboxylic acids is 2.